The topological polar surface area (TPSA) is 91.4 Å². The number of fused-ring (bicyclic) bond motifs is 3. The van der Waals surface area contributed by atoms with E-state index in [1.54, 1.807) is 0 Å². The number of aliphatic hydroxyl groups is 1. The third-order valence-corrected chi connectivity index (χ3v) is 6.33. The zero-order chi connectivity index (χ0) is 16.1. The molecule has 7 heteroatoms. The minimum Gasteiger partial charge on any atom is -0.622 e. The number of nitrogens with zero attached hydrogens (tertiary/aromatic N) is 3. The lowest BCUT2D eigenvalue weighted by molar-refractivity contribution is -0.591. The summed E-state index contributed by atoms with van der Waals surface area (Å²) in [6, 6.07) is 0. The van der Waals surface area contributed by atoms with E-state index in [0.29, 0.717) is 50.6 Å². The molecule has 0 amide bonds. The minimum atomic E-state index is -1.37. The molecule has 0 unspecified atom stereocenters. The maximum Gasteiger partial charge on any atom is 0.235 e. The first-order valence-corrected chi connectivity index (χ1v) is 8.76. The zero-order valence-electron chi connectivity index (χ0n) is 13.4. The molecule has 0 aromatic heterocycles. The van der Waals surface area contributed by atoms with Gasteiger partial charge in [0, 0.05) is 25.9 Å². The third kappa shape index (κ3) is 1.87. The van der Waals surface area contributed by atoms with Crippen molar-refractivity contribution in [2.45, 2.75) is 56.2 Å². The Balaban J connectivity index is 1.85. The molecule has 2 aliphatic heterocycles. The molecule has 3 fully saturated rings. The first kappa shape index (κ1) is 15.4. The first-order chi connectivity index (χ1) is 11.2. The zero-order valence-corrected chi connectivity index (χ0v) is 13.4. The van der Waals surface area contributed by atoms with Crippen LogP contribution >= 0.6 is 0 Å². The fourth-order valence-corrected chi connectivity index (χ4v) is 5.37. The molecule has 2 N–H and O–H groups in total. The van der Waals surface area contributed by atoms with E-state index in [2.05, 4.69) is 10.1 Å². The smallest absolute Gasteiger partial charge is 0.235 e. The highest BCUT2D eigenvalue weighted by Gasteiger charge is 2.71. The highest BCUT2D eigenvalue weighted by molar-refractivity contribution is 6.15. The number of hydrogen-bond donors (Lipinski definition) is 2. The van der Waals surface area contributed by atoms with Gasteiger partial charge in [-0.1, -0.05) is 11.6 Å². The Kier molecular flexibility index (Phi) is 3.62. The monoisotopic (exact) mass is 323 g/mol. The van der Waals surface area contributed by atoms with Crippen LogP contribution in [0.2, 0.25) is 0 Å². The van der Waals surface area contributed by atoms with E-state index in [0.717, 1.165) is 36.8 Å². The Morgan fingerprint density at radius 3 is 2.74 bits per heavy atom. The van der Waals surface area contributed by atoms with Gasteiger partial charge in [0.1, 0.15) is 0 Å². The highest BCUT2D eigenvalue weighted by Crippen LogP contribution is 2.52. The highest BCUT2D eigenvalue weighted by atomic mass is 16.5. The van der Waals surface area contributed by atoms with Crippen molar-refractivity contribution in [3.05, 3.63) is 5.21 Å². The molecule has 2 aliphatic carbocycles. The molecule has 128 valence electrons. The van der Waals surface area contributed by atoms with Crippen molar-refractivity contribution in [1.29, 1.82) is 0 Å². The largest absolute Gasteiger partial charge is 0.622 e. The number of oxime groups is 1. The average molecular weight is 323 g/mol. The second-order valence-corrected chi connectivity index (χ2v) is 7.18. The molecule has 0 bridgehead atoms. The van der Waals surface area contributed by atoms with Crippen LogP contribution in [-0.4, -0.2) is 68.9 Å². The molecule has 0 spiro atoms. The van der Waals surface area contributed by atoms with E-state index in [1.807, 2.05) is 0 Å². The van der Waals surface area contributed by atoms with Crippen LogP contribution in [0.1, 0.15) is 44.9 Å². The van der Waals surface area contributed by atoms with Gasteiger partial charge in [-0.15, -0.1) is 0 Å². The number of ether oxygens (including phenoxy) is 1. The van der Waals surface area contributed by atoms with Crippen molar-refractivity contribution >= 4 is 11.4 Å². The third-order valence-electron chi connectivity index (χ3n) is 6.33. The van der Waals surface area contributed by atoms with Crippen LogP contribution in [0.15, 0.2) is 5.16 Å². The SMILES string of the molecule is [O-][N+]1=C2CCC/C(=N\O)[C@]2(O)[C@@H]2CCCC[C@@]21N1CCOCC1. The van der Waals surface area contributed by atoms with E-state index in [1.165, 1.54) is 0 Å². The van der Waals surface area contributed by atoms with Crippen molar-refractivity contribution < 1.29 is 19.8 Å². The van der Waals surface area contributed by atoms with Crippen LogP contribution < -0.4 is 0 Å². The Hall–Kier alpha value is -1.18. The van der Waals surface area contributed by atoms with E-state index in [9.17, 15) is 15.5 Å². The Bertz CT molecular complexity index is 558. The minimum absolute atomic E-state index is 0.222. The number of rotatable bonds is 1. The van der Waals surface area contributed by atoms with Gasteiger partial charge in [0.2, 0.25) is 11.4 Å². The predicted molar refractivity (Wildman–Crippen MR) is 83.7 cm³/mol. The van der Waals surface area contributed by atoms with Gasteiger partial charge in [-0.3, -0.25) is 0 Å². The molecule has 2 saturated carbocycles. The summed E-state index contributed by atoms with van der Waals surface area (Å²) in [4.78, 5) is 2.21. The fraction of sp³-hybridized carbons (Fsp3) is 0.875. The molecule has 2 heterocycles. The molecule has 4 aliphatic rings. The van der Waals surface area contributed by atoms with Crippen LogP contribution in [-0.2, 0) is 4.74 Å². The Morgan fingerprint density at radius 2 is 2.00 bits per heavy atom. The molecule has 3 atom stereocenters. The van der Waals surface area contributed by atoms with Crippen LogP contribution in [0.4, 0.5) is 0 Å². The molecule has 0 aromatic rings. The van der Waals surface area contributed by atoms with Crippen LogP contribution in [0.25, 0.3) is 0 Å². The predicted octanol–water partition coefficient (Wildman–Crippen LogP) is 0.915. The maximum absolute atomic E-state index is 13.4. The quantitative estimate of drug-likeness (QED) is 0.324. The van der Waals surface area contributed by atoms with Gasteiger partial charge >= 0.3 is 0 Å². The van der Waals surface area contributed by atoms with Crippen LogP contribution in [0, 0.1) is 11.1 Å². The molecule has 7 nitrogen and oxygen atoms in total. The molecule has 1 saturated heterocycles. The summed E-state index contributed by atoms with van der Waals surface area (Å²) in [5.41, 5.74) is -1.18. The molecule has 4 rings (SSSR count). The first-order valence-electron chi connectivity index (χ1n) is 8.76. The Morgan fingerprint density at radius 1 is 1.22 bits per heavy atom. The summed E-state index contributed by atoms with van der Waals surface area (Å²) in [6.45, 7) is 2.67. The fourth-order valence-electron chi connectivity index (χ4n) is 5.37. The molecular weight excluding hydrogens is 298 g/mol. The van der Waals surface area contributed by atoms with Crippen molar-refractivity contribution in [2.75, 3.05) is 26.3 Å². The van der Waals surface area contributed by atoms with Crippen molar-refractivity contribution in [2.24, 2.45) is 11.1 Å². The standard InChI is InChI=1S/C16H25N3O4/c20-16-12-4-1-2-7-15(12,18-8-10-23-11-9-18)19(22)14(16)6-3-5-13(16)17-21/h12,20-21H,1-11H2/b17-13+/t12-,15+,16-/m1/s1. The van der Waals surface area contributed by atoms with E-state index in [4.69, 9.17) is 4.74 Å². The number of hydroxylamine groups is 1. The van der Waals surface area contributed by atoms with Crippen LogP contribution in [0.5, 0.6) is 0 Å². The maximum atomic E-state index is 13.4. The van der Waals surface area contributed by atoms with Crippen molar-refractivity contribution in [1.82, 2.24) is 4.90 Å². The van der Waals surface area contributed by atoms with Crippen molar-refractivity contribution in [3.63, 3.8) is 0 Å². The number of hydrogen-bond acceptors (Lipinski definition) is 6. The lowest BCUT2D eigenvalue weighted by atomic mass is 9.65. The Labute approximate surface area is 135 Å². The van der Waals surface area contributed by atoms with E-state index in [-0.39, 0.29) is 5.92 Å². The summed E-state index contributed by atoms with van der Waals surface area (Å²) in [6.07, 6.45) is 5.42. The summed E-state index contributed by atoms with van der Waals surface area (Å²) >= 11 is 0. The van der Waals surface area contributed by atoms with E-state index < -0.39 is 11.3 Å². The molecule has 0 aromatic carbocycles. The molecular formula is C16H25N3O4. The van der Waals surface area contributed by atoms with Gasteiger partial charge in [-0.05, 0) is 25.7 Å². The van der Waals surface area contributed by atoms with Gasteiger partial charge in [0.15, 0.2) is 5.60 Å². The second kappa shape index (κ2) is 5.43. The molecule has 0 radical (unpaired) electrons. The summed E-state index contributed by atoms with van der Waals surface area (Å²) in [7, 11) is 0. The number of morpholine rings is 1. The summed E-state index contributed by atoms with van der Waals surface area (Å²) < 4.78 is 6.57. The summed E-state index contributed by atoms with van der Waals surface area (Å²) in [5.74, 6) is -0.222. The molecule has 23 heavy (non-hydrogen) atoms. The van der Waals surface area contributed by atoms with Crippen LogP contribution in [0.3, 0.4) is 0 Å². The lowest BCUT2D eigenvalue weighted by Crippen LogP contribution is -2.65. The van der Waals surface area contributed by atoms with Gasteiger partial charge in [-0.25, -0.2) is 4.90 Å². The average Bonchev–Trinajstić information content (AvgIpc) is 2.82. The van der Waals surface area contributed by atoms with Gasteiger partial charge in [-0.2, -0.15) is 4.74 Å². The lowest BCUT2D eigenvalue weighted by Gasteiger charge is -2.47. The van der Waals surface area contributed by atoms with Gasteiger partial charge in [0.25, 0.3) is 0 Å². The second-order valence-electron chi connectivity index (χ2n) is 7.18. The normalized spacial score (nSPS) is 43.5. The van der Waals surface area contributed by atoms with E-state index >= 15 is 0 Å². The summed E-state index contributed by atoms with van der Waals surface area (Å²) in [5, 5.41) is 37.7. The van der Waals surface area contributed by atoms with Gasteiger partial charge in [0.05, 0.1) is 24.8 Å². The van der Waals surface area contributed by atoms with Crippen molar-refractivity contribution in [3.8, 4) is 0 Å². The van der Waals surface area contributed by atoms with Gasteiger partial charge < -0.3 is 20.3 Å².